The predicted molar refractivity (Wildman–Crippen MR) is 65.8 cm³/mol. The lowest BCUT2D eigenvalue weighted by atomic mass is 10.1. The van der Waals surface area contributed by atoms with Crippen LogP contribution < -0.4 is 5.32 Å². The van der Waals surface area contributed by atoms with Gasteiger partial charge in [0.15, 0.2) is 0 Å². The normalized spacial score (nSPS) is 11.6. The molecule has 1 aromatic carbocycles. The molecular formula is C13H16N2O2. The van der Waals surface area contributed by atoms with Gasteiger partial charge >= 0.3 is 5.97 Å². The van der Waals surface area contributed by atoms with Gasteiger partial charge in [-0.2, -0.15) is 5.26 Å². The van der Waals surface area contributed by atoms with E-state index in [2.05, 4.69) is 11.4 Å². The molecule has 1 aromatic rings. The Labute approximate surface area is 101 Å². The van der Waals surface area contributed by atoms with Gasteiger partial charge in [-0.05, 0) is 37.1 Å². The maximum Gasteiger partial charge on any atom is 0.306 e. The lowest BCUT2D eigenvalue weighted by Gasteiger charge is -2.09. The third kappa shape index (κ3) is 3.80. The fraction of sp³-hybridized carbons (Fsp3) is 0.385. The highest BCUT2D eigenvalue weighted by Crippen LogP contribution is 2.14. The van der Waals surface area contributed by atoms with Crippen LogP contribution in [0, 0.1) is 24.2 Å². The molecule has 1 rings (SSSR count). The van der Waals surface area contributed by atoms with Crippen molar-refractivity contribution in [2.75, 3.05) is 11.9 Å². The van der Waals surface area contributed by atoms with Crippen molar-refractivity contribution in [1.29, 1.82) is 5.26 Å². The zero-order chi connectivity index (χ0) is 12.8. The van der Waals surface area contributed by atoms with E-state index in [1.165, 1.54) is 0 Å². The van der Waals surface area contributed by atoms with E-state index in [1.54, 1.807) is 13.0 Å². The molecule has 0 aliphatic rings. The second-order valence-electron chi connectivity index (χ2n) is 4.10. The number of carboxylic acid groups (broad SMARTS) is 1. The molecule has 0 aliphatic heterocycles. The Hall–Kier alpha value is -2.02. The van der Waals surface area contributed by atoms with Crippen LogP contribution in [0.2, 0.25) is 0 Å². The summed E-state index contributed by atoms with van der Waals surface area (Å²) < 4.78 is 0. The summed E-state index contributed by atoms with van der Waals surface area (Å²) in [5.41, 5.74) is 2.50. The molecule has 1 unspecified atom stereocenters. The SMILES string of the molecule is Cc1cc(NCCC(C)C(=O)O)ccc1C#N. The third-order valence-corrected chi connectivity index (χ3v) is 2.67. The monoisotopic (exact) mass is 232 g/mol. The van der Waals surface area contributed by atoms with E-state index >= 15 is 0 Å². The van der Waals surface area contributed by atoms with Gasteiger partial charge in [-0.3, -0.25) is 4.79 Å². The third-order valence-electron chi connectivity index (χ3n) is 2.67. The summed E-state index contributed by atoms with van der Waals surface area (Å²) >= 11 is 0. The maximum absolute atomic E-state index is 10.6. The average Bonchev–Trinajstić information content (AvgIpc) is 2.29. The Balaban J connectivity index is 2.51. The predicted octanol–water partition coefficient (Wildman–Crippen LogP) is 2.39. The van der Waals surface area contributed by atoms with E-state index in [9.17, 15) is 4.79 Å². The van der Waals surface area contributed by atoms with E-state index in [4.69, 9.17) is 10.4 Å². The second-order valence-corrected chi connectivity index (χ2v) is 4.10. The van der Waals surface area contributed by atoms with Crippen molar-refractivity contribution in [2.45, 2.75) is 20.3 Å². The fourth-order valence-electron chi connectivity index (χ4n) is 1.46. The maximum atomic E-state index is 10.6. The molecule has 0 radical (unpaired) electrons. The highest BCUT2D eigenvalue weighted by Gasteiger charge is 2.09. The lowest BCUT2D eigenvalue weighted by Crippen LogP contribution is -2.14. The number of carboxylic acids is 1. The van der Waals surface area contributed by atoms with Crippen molar-refractivity contribution in [2.24, 2.45) is 5.92 Å². The number of rotatable bonds is 5. The minimum Gasteiger partial charge on any atom is -0.481 e. The van der Waals surface area contributed by atoms with Gasteiger partial charge in [0.2, 0.25) is 0 Å². The molecule has 4 nitrogen and oxygen atoms in total. The van der Waals surface area contributed by atoms with Gasteiger partial charge in [-0.25, -0.2) is 0 Å². The number of nitriles is 1. The molecule has 0 fully saturated rings. The Morgan fingerprint density at radius 1 is 1.59 bits per heavy atom. The van der Waals surface area contributed by atoms with Gasteiger partial charge in [0.1, 0.15) is 0 Å². The molecule has 4 heteroatoms. The molecular weight excluding hydrogens is 216 g/mol. The van der Waals surface area contributed by atoms with Crippen LogP contribution in [0.5, 0.6) is 0 Å². The molecule has 1 atom stereocenters. The molecule has 17 heavy (non-hydrogen) atoms. The summed E-state index contributed by atoms with van der Waals surface area (Å²) in [5.74, 6) is -1.12. The number of benzene rings is 1. The van der Waals surface area contributed by atoms with Crippen LogP contribution in [-0.2, 0) is 4.79 Å². The Kier molecular flexibility index (Phi) is 4.53. The van der Waals surface area contributed by atoms with Gasteiger partial charge in [0, 0.05) is 12.2 Å². The number of aliphatic carboxylic acids is 1. The van der Waals surface area contributed by atoms with Crippen molar-refractivity contribution in [3.05, 3.63) is 29.3 Å². The number of nitrogens with zero attached hydrogens (tertiary/aromatic N) is 1. The molecule has 0 aliphatic carbocycles. The zero-order valence-corrected chi connectivity index (χ0v) is 10.0. The number of aryl methyl sites for hydroxylation is 1. The van der Waals surface area contributed by atoms with Crippen molar-refractivity contribution >= 4 is 11.7 Å². The zero-order valence-electron chi connectivity index (χ0n) is 10.0. The van der Waals surface area contributed by atoms with Crippen molar-refractivity contribution in [3.63, 3.8) is 0 Å². The quantitative estimate of drug-likeness (QED) is 0.817. The molecule has 0 spiro atoms. The van der Waals surface area contributed by atoms with Crippen LogP contribution in [-0.4, -0.2) is 17.6 Å². The second kappa shape index (κ2) is 5.90. The molecule has 2 N–H and O–H groups in total. The van der Waals surface area contributed by atoms with Gasteiger partial charge < -0.3 is 10.4 Å². The summed E-state index contributed by atoms with van der Waals surface area (Å²) in [6.07, 6.45) is 0.578. The van der Waals surface area contributed by atoms with Crippen LogP contribution in [0.25, 0.3) is 0 Å². The van der Waals surface area contributed by atoms with Crippen molar-refractivity contribution in [3.8, 4) is 6.07 Å². The summed E-state index contributed by atoms with van der Waals surface area (Å²) in [7, 11) is 0. The number of nitrogens with one attached hydrogen (secondary N) is 1. The average molecular weight is 232 g/mol. The Bertz CT molecular complexity index is 449. The number of hydrogen-bond donors (Lipinski definition) is 2. The summed E-state index contributed by atoms with van der Waals surface area (Å²) in [6, 6.07) is 7.59. The Morgan fingerprint density at radius 2 is 2.29 bits per heavy atom. The van der Waals surface area contributed by atoms with Gasteiger partial charge in [-0.1, -0.05) is 6.92 Å². The molecule has 0 saturated carbocycles. The Morgan fingerprint density at radius 3 is 2.82 bits per heavy atom. The topological polar surface area (TPSA) is 73.1 Å². The van der Waals surface area contributed by atoms with Crippen LogP contribution in [0.1, 0.15) is 24.5 Å². The molecule has 0 heterocycles. The summed E-state index contributed by atoms with van der Waals surface area (Å²) in [6.45, 7) is 4.18. The smallest absolute Gasteiger partial charge is 0.306 e. The van der Waals surface area contributed by atoms with Gasteiger partial charge in [0.25, 0.3) is 0 Å². The summed E-state index contributed by atoms with van der Waals surface area (Å²) in [5, 5.41) is 20.7. The van der Waals surface area contributed by atoms with E-state index in [1.807, 2.05) is 19.1 Å². The van der Waals surface area contributed by atoms with Gasteiger partial charge in [-0.15, -0.1) is 0 Å². The van der Waals surface area contributed by atoms with E-state index in [0.717, 1.165) is 11.3 Å². The molecule has 0 saturated heterocycles. The first kappa shape index (κ1) is 13.0. The first-order valence-corrected chi connectivity index (χ1v) is 5.52. The fourth-order valence-corrected chi connectivity index (χ4v) is 1.46. The standard InChI is InChI=1S/C13H16N2O2/c1-9(13(16)17)5-6-15-12-4-3-11(8-14)10(2)7-12/h3-4,7,9,15H,5-6H2,1-2H3,(H,16,17). The van der Waals surface area contributed by atoms with Crippen molar-refractivity contribution < 1.29 is 9.90 Å². The largest absolute Gasteiger partial charge is 0.481 e. The minimum absolute atomic E-state index is 0.345. The minimum atomic E-state index is -0.775. The molecule has 0 amide bonds. The summed E-state index contributed by atoms with van der Waals surface area (Å²) in [4.78, 5) is 10.6. The number of hydrogen-bond acceptors (Lipinski definition) is 3. The number of anilines is 1. The highest BCUT2D eigenvalue weighted by molar-refractivity contribution is 5.69. The van der Waals surface area contributed by atoms with Gasteiger partial charge in [0.05, 0.1) is 17.6 Å². The van der Waals surface area contributed by atoms with E-state index < -0.39 is 5.97 Å². The van der Waals surface area contributed by atoms with Crippen LogP contribution in [0.4, 0.5) is 5.69 Å². The molecule has 0 aromatic heterocycles. The highest BCUT2D eigenvalue weighted by atomic mass is 16.4. The molecule has 90 valence electrons. The van der Waals surface area contributed by atoms with E-state index in [0.29, 0.717) is 18.5 Å². The van der Waals surface area contributed by atoms with Crippen LogP contribution in [0.3, 0.4) is 0 Å². The molecule has 0 bridgehead atoms. The van der Waals surface area contributed by atoms with Crippen LogP contribution >= 0.6 is 0 Å². The first-order chi connectivity index (χ1) is 8.04. The lowest BCUT2D eigenvalue weighted by molar-refractivity contribution is -0.141. The van der Waals surface area contributed by atoms with Crippen molar-refractivity contribution in [1.82, 2.24) is 0 Å². The van der Waals surface area contributed by atoms with Crippen LogP contribution in [0.15, 0.2) is 18.2 Å². The van der Waals surface area contributed by atoms with E-state index in [-0.39, 0.29) is 5.92 Å². The number of carbonyl (C=O) groups is 1. The first-order valence-electron chi connectivity index (χ1n) is 5.52.